The minimum Gasteiger partial charge on any atom is -0.354 e. The lowest BCUT2D eigenvalue weighted by molar-refractivity contribution is -0.0974. The van der Waals surface area contributed by atoms with Crippen molar-refractivity contribution in [3.63, 3.8) is 0 Å². The maximum absolute atomic E-state index is 12.3. The van der Waals surface area contributed by atoms with E-state index < -0.39 is 16.3 Å². The van der Waals surface area contributed by atoms with Gasteiger partial charge in [0.05, 0.1) is 11.4 Å². The standard InChI is InChI=1S/C18H21ClN2O5S/c1-25-17(26-2)12-20-18(22)14-5-3-13(4-6-14)11-21-27(23,24)16-9-7-15(19)8-10-16/h3-10,17,21H,11-12H2,1-2H3,(H,20,22). The Labute approximate surface area is 163 Å². The van der Waals surface area contributed by atoms with Crippen molar-refractivity contribution in [1.82, 2.24) is 10.0 Å². The normalized spacial score (nSPS) is 11.6. The Bertz CT molecular complexity index is 850. The van der Waals surface area contributed by atoms with Gasteiger partial charge in [-0.05, 0) is 42.0 Å². The summed E-state index contributed by atoms with van der Waals surface area (Å²) in [7, 11) is -0.669. The molecule has 0 bridgehead atoms. The van der Waals surface area contributed by atoms with E-state index in [0.29, 0.717) is 10.6 Å². The summed E-state index contributed by atoms with van der Waals surface area (Å²) < 4.78 is 37.0. The summed E-state index contributed by atoms with van der Waals surface area (Å²) >= 11 is 5.77. The van der Waals surface area contributed by atoms with Crippen LogP contribution in [0.25, 0.3) is 0 Å². The molecule has 7 nitrogen and oxygen atoms in total. The number of carbonyl (C=O) groups excluding carboxylic acids is 1. The summed E-state index contributed by atoms with van der Waals surface area (Å²) in [6.07, 6.45) is -0.518. The third-order valence-electron chi connectivity index (χ3n) is 3.76. The molecule has 2 rings (SSSR count). The van der Waals surface area contributed by atoms with Crippen molar-refractivity contribution in [2.75, 3.05) is 20.8 Å². The van der Waals surface area contributed by atoms with E-state index in [9.17, 15) is 13.2 Å². The van der Waals surface area contributed by atoms with Gasteiger partial charge in [0.2, 0.25) is 10.0 Å². The fourth-order valence-electron chi connectivity index (χ4n) is 2.19. The molecule has 0 aliphatic carbocycles. The van der Waals surface area contributed by atoms with E-state index in [2.05, 4.69) is 10.0 Å². The van der Waals surface area contributed by atoms with Crippen LogP contribution in [0, 0.1) is 0 Å². The van der Waals surface area contributed by atoms with Gasteiger partial charge in [-0.2, -0.15) is 0 Å². The molecule has 27 heavy (non-hydrogen) atoms. The first-order valence-corrected chi connectivity index (χ1v) is 9.90. The Hall–Kier alpha value is -1.97. The van der Waals surface area contributed by atoms with Crippen LogP contribution in [0.1, 0.15) is 15.9 Å². The van der Waals surface area contributed by atoms with Crippen LogP contribution in [-0.2, 0) is 26.0 Å². The molecule has 2 aromatic rings. The molecule has 0 aliphatic heterocycles. The summed E-state index contributed by atoms with van der Waals surface area (Å²) in [6, 6.07) is 12.5. The smallest absolute Gasteiger partial charge is 0.251 e. The Morgan fingerprint density at radius 2 is 1.63 bits per heavy atom. The number of nitrogens with one attached hydrogen (secondary N) is 2. The molecule has 0 saturated carbocycles. The van der Waals surface area contributed by atoms with Crippen molar-refractivity contribution in [3.05, 3.63) is 64.7 Å². The van der Waals surface area contributed by atoms with Crippen LogP contribution < -0.4 is 10.0 Å². The summed E-state index contributed by atoms with van der Waals surface area (Å²) in [5.41, 5.74) is 1.17. The highest BCUT2D eigenvalue weighted by molar-refractivity contribution is 7.89. The number of carbonyl (C=O) groups is 1. The molecule has 0 aromatic heterocycles. The number of amides is 1. The van der Waals surface area contributed by atoms with Crippen LogP contribution in [0.3, 0.4) is 0 Å². The molecule has 146 valence electrons. The van der Waals surface area contributed by atoms with E-state index >= 15 is 0 Å². The molecule has 0 aliphatic rings. The van der Waals surface area contributed by atoms with Gasteiger partial charge in [-0.1, -0.05) is 23.7 Å². The number of hydrogen-bond acceptors (Lipinski definition) is 5. The fourth-order valence-corrected chi connectivity index (χ4v) is 3.33. The Kier molecular flexibility index (Phi) is 7.76. The maximum atomic E-state index is 12.3. The molecular formula is C18H21ClN2O5S. The highest BCUT2D eigenvalue weighted by Crippen LogP contribution is 2.14. The van der Waals surface area contributed by atoms with Gasteiger partial charge in [0.25, 0.3) is 5.91 Å². The summed E-state index contributed by atoms with van der Waals surface area (Å²) in [6.45, 7) is 0.316. The molecule has 0 radical (unpaired) electrons. The van der Waals surface area contributed by atoms with Gasteiger partial charge in [-0.25, -0.2) is 13.1 Å². The number of hydrogen-bond donors (Lipinski definition) is 2. The zero-order valence-corrected chi connectivity index (χ0v) is 16.5. The summed E-state index contributed by atoms with van der Waals surface area (Å²) in [4.78, 5) is 12.2. The fraction of sp³-hybridized carbons (Fsp3) is 0.278. The number of benzene rings is 2. The van der Waals surface area contributed by atoms with E-state index in [1.807, 2.05) is 0 Å². The summed E-state index contributed by atoms with van der Waals surface area (Å²) in [5.74, 6) is -0.276. The van der Waals surface area contributed by atoms with Crippen LogP contribution in [0.15, 0.2) is 53.4 Å². The number of ether oxygens (including phenoxy) is 2. The zero-order valence-electron chi connectivity index (χ0n) is 14.9. The predicted molar refractivity (Wildman–Crippen MR) is 102 cm³/mol. The topological polar surface area (TPSA) is 93.7 Å². The van der Waals surface area contributed by atoms with E-state index in [1.54, 1.807) is 24.3 Å². The molecule has 0 atom stereocenters. The van der Waals surface area contributed by atoms with Gasteiger partial charge in [0.1, 0.15) is 0 Å². The molecule has 0 spiro atoms. The zero-order chi connectivity index (χ0) is 19.9. The van der Waals surface area contributed by atoms with Crippen LogP contribution >= 0.6 is 11.6 Å². The van der Waals surface area contributed by atoms with Gasteiger partial charge in [0.15, 0.2) is 6.29 Å². The molecule has 0 saturated heterocycles. The minimum atomic E-state index is -3.64. The van der Waals surface area contributed by atoms with Crippen LogP contribution in [-0.4, -0.2) is 41.4 Å². The first-order chi connectivity index (χ1) is 12.9. The number of methoxy groups -OCH3 is 2. The van der Waals surface area contributed by atoms with Gasteiger partial charge in [-0.3, -0.25) is 4.79 Å². The molecule has 2 aromatic carbocycles. The third kappa shape index (κ3) is 6.30. The molecule has 0 heterocycles. The lowest BCUT2D eigenvalue weighted by Gasteiger charge is -2.14. The number of sulfonamides is 1. The van der Waals surface area contributed by atoms with Crippen molar-refractivity contribution < 1.29 is 22.7 Å². The molecule has 2 N–H and O–H groups in total. The SMILES string of the molecule is COC(CNC(=O)c1ccc(CNS(=O)(=O)c2ccc(Cl)cc2)cc1)OC. The number of halogens is 1. The highest BCUT2D eigenvalue weighted by Gasteiger charge is 2.14. The van der Waals surface area contributed by atoms with E-state index in [-0.39, 0.29) is 23.9 Å². The van der Waals surface area contributed by atoms with Crippen LogP contribution in [0.2, 0.25) is 5.02 Å². The highest BCUT2D eigenvalue weighted by atomic mass is 35.5. The Balaban J connectivity index is 1.93. The molecular weight excluding hydrogens is 392 g/mol. The first kappa shape index (κ1) is 21.3. The predicted octanol–water partition coefficient (Wildman–Crippen LogP) is 2.17. The summed E-state index contributed by atoms with van der Waals surface area (Å²) in [5, 5.41) is 3.15. The number of rotatable bonds is 9. The molecule has 0 unspecified atom stereocenters. The second-order valence-corrected chi connectivity index (χ2v) is 7.79. The third-order valence-corrected chi connectivity index (χ3v) is 5.43. The van der Waals surface area contributed by atoms with Gasteiger partial charge in [0, 0.05) is 31.4 Å². The first-order valence-electron chi connectivity index (χ1n) is 8.03. The Morgan fingerprint density at radius 3 is 2.19 bits per heavy atom. The average molecular weight is 413 g/mol. The Morgan fingerprint density at radius 1 is 1.04 bits per heavy atom. The largest absolute Gasteiger partial charge is 0.354 e. The quantitative estimate of drug-likeness (QED) is 0.615. The second-order valence-electron chi connectivity index (χ2n) is 5.59. The molecule has 0 fully saturated rings. The van der Waals surface area contributed by atoms with Gasteiger partial charge in [-0.15, -0.1) is 0 Å². The van der Waals surface area contributed by atoms with E-state index in [4.69, 9.17) is 21.1 Å². The van der Waals surface area contributed by atoms with Crippen LogP contribution in [0.4, 0.5) is 0 Å². The minimum absolute atomic E-state index is 0.0995. The van der Waals surface area contributed by atoms with Gasteiger partial charge >= 0.3 is 0 Å². The van der Waals surface area contributed by atoms with Crippen molar-refractivity contribution in [2.24, 2.45) is 0 Å². The second kappa shape index (κ2) is 9.82. The van der Waals surface area contributed by atoms with E-state index in [1.165, 1.54) is 38.5 Å². The van der Waals surface area contributed by atoms with Crippen molar-refractivity contribution in [1.29, 1.82) is 0 Å². The van der Waals surface area contributed by atoms with Gasteiger partial charge < -0.3 is 14.8 Å². The van der Waals surface area contributed by atoms with Crippen molar-refractivity contribution >= 4 is 27.5 Å². The van der Waals surface area contributed by atoms with Crippen molar-refractivity contribution in [2.45, 2.75) is 17.7 Å². The molecule has 1 amide bonds. The van der Waals surface area contributed by atoms with Crippen LogP contribution in [0.5, 0.6) is 0 Å². The lowest BCUT2D eigenvalue weighted by Crippen LogP contribution is -2.34. The molecule has 9 heteroatoms. The lowest BCUT2D eigenvalue weighted by atomic mass is 10.1. The maximum Gasteiger partial charge on any atom is 0.251 e. The van der Waals surface area contributed by atoms with E-state index in [0.717, 1.165) is 5.56 Å². The average Bonchev–Trinajstić information content (AvgIpc) is 2.68. The van der Waals surface area contributed by atoms with Crippen molar-refractivity contribution in [3.8, 4) is 0 Å². The monoisotopic (exact) mass is 412 g/mol.